The number of carbonyl (C=O) groups is 1. The van der Waals surface area contributed by atoms with E-state index in [9.17, 15) is 15.0 Å². The molecule has 0 aliphatic carbocycles. The number of hydrogen-bond acceptors (Lipinski definition) is 9. The Labute approximate surface area is 215 Å². The summed E-state index contributed by atoms with van der Waals surface area (Å²) < 4.78 is 34.5. The lowest BCUT2D eigenvalue weighted by Gasteiger charge is -2.48. The Morgan fingerprint density at radius 1 is 1.28 bits per heavy atom. The molecular weight excluding hydrogens is 470 g/mol. The second kappa shape index (κ2) is 13.1. The van der Waals surface area contributed by atoms with Crippen LogP contribution in [-0.4, -0.2) is 99.3 Å². The number of aliphatic hydroxyl groups is 2. The zero-order valence-electron chi connectivity index (χ0n) is 23.1. The number of nitrogens with one attached hydrogen (secondary N) is 1. The summed E-state index contributed by atoms with van der Waals surface area (Å²) >= 11 is 0. The summed E-state index contributed by atoms with van der Waals surface area (Å²) in [4.78, 5) is 13.2. The molecule has 0 saturated carbocycles. The predicted octanol–water partition coefficient (Wildman–Crippen LogP) is 1.77. The summed E-state index contributed by atoms with van der Waals surface area (Å²) in [6.07, 6.45) is -3.94. The molecule has 1 amide bonds. The van der Waals surface area contributed by atoms with Crippen molar-refractivity contribution in [2.45, 2.75) is 103 Å². The van der Waals surface area contributed by atoms with Gasteiger partial charge in [-0.25, -0.2) is 0 Å². The van der Waals surface area contributed by atoms with Gasteiger partial charge in [0, 0.05) is 58.5 Å². The van der Waals surface area contributed by atoms with Crippen LogP contribution in [0.5, 0.6) is 0 Å². The molecule has 210 valence electrons. The van der Waals surface area contributed by atoms with Gasteiger partial charge in [0.15, 0.2) is 12.3 Å². The lowest BCUT2D eigenvalue weighted by atomic mass is 9.74. The van der Waals surface area contributed by atoms with E-state index in [1.54, 1.807) is 21.1 Å². The maximum absolute atomic E-state index is 13.2. The molecule has 3 N–H and O–H groups in total. The van der Waals surface area contributed by atoms with Crippen LogP contribution in [0.3, 0.4) is 0 Å². The molecule has 2 aliphatic heterocycles. The highest BCUT2D eigenvalue weighted by atomic mass is 16.7. The summed E-state index contributed by atoms with van der Waals surface area (Å²) in [5, 5.41) is 24.8. The number of carbonyl (C=O) groups excluding carboxylic acids is 1. The lowest BCUT2D eigenvalue weighted by molar-refractivity contribution is -0.298. The maximum Gasteiger partial charge on any atom is 0.256 e. The average molecular weight is 518 g/mol. The highest BCUT2D eigenvalue weighted by molar-refractivity contribution is 5.82. The van der Waals surface area contributed by atoms with E-state index in [1.165, 1.54) is 7.11 Å². The van der Waals surface area contributed by atoms with Crippen molar-refractivity contribution >= 4 is 5.91 Å². The molecule has 2 aliphatic rings. The minimum absolute atomic E-state index is 0.0613. The summed E-state index contributed by atoms with van der Waals surface area (Å²) in [7, 11) is 4.60. The van der Waals surface area contributed by atoms with E-state index in [4.69, 9.17) is 28.4 Å². The second-order valence-electron chi connectivity index (χ2n) is 10.5. The quantitative estimate of drug-likeness (QED) is 0.262. The molecule has 0 radical (unpaired) electrons. The van der Waals surface area contributed by atoms with Gasteiger partial charge in [-0.2, -0.15) is 0 Å². The van der Waals surface area contributed by atoms with Crippen molar-refractivity contribution in [1.82, 2.24) is 5.32 Å². The average Bonchev–Trinajstić information content (AvgIpc) is 2.83. The molecule has 2 rings (SSSR count). The molecular formula is C26H47NO9. The van der Waals surface area contributed by atoms with E-state index >= 15 is 0 Å². The van der Waals surface area contributed by atoms with Gasteiger partial charge in [0.05, 0.1) is 31.0 Å². The van der Waals surface area contributed by atoms with Crippen LogP contribution in [0.4, 0.5) is 0 Å². The molecule has 36 heavy (non-hydrogen) atoms. The van der Waals surface area contributed by atoms with Crippen LogP contribution in [0.1, 0.15) is 53.9 Å². The Morgan fingerprint density at radius 3 is 2.47 bits per heavy atom. The standard InChI is InChI=1S/C26H47NO9/c1-10-34-24(19-12-20(28)25(5,6)21(35-19)11-18(32-8)14-31-7)27-23(30)22(29)26(33-9)13-15(2)16(3)17(4)36-26/h16-22,24,28-29H,2,10-14H2,1,3-9H3,(H,27,30)/t16-,17-,18+,19+,20+,21+,22-,24+,26-/m1/s1. The molecule has 2 fully saturated rings. The normalized spacial score (nSPS) is 35.2. The minimum Gasteiger partial charge on any atom is -0.392 e. The van der Waals surface area contributed by atoms with Gasteiger partial charge in [-0.05, 0) is 13.8 Å². The van der Waals surface area contributed by atoms with Crippen molar-refractivity contribution in [3.8, 4) is 0 Å². The van der Waals surface area contributed by atoms with Crippen molar-refractivity contribution in [2.75, 3.05) is 34.5 Å². The molecule has 0 spiro atoms. The summed E-state index contributed by atoms with van der Waals surface area (Å²) in [5.41, 5.74) is 0.265. The van der Waals surface area contributed by atoms with Gasteiger partial charge >= 0.3 is 0 Å². The van der Waals surface area contributed by atoms with Crippen LogP contribution >= 0.6 is 0 Å². The molecule has 9 atom stereocenters. The van der Waals surface area contributed by atoms with Gasteiger partial charge in [-0.1, -0.05) is 32.9 Å². The highest BCUT2D eigenvalue weighted by Gasteiger charge is 2.51. The van der Waals surface area contributed by atoms with Crippen molar-refractivity contribution in [1.29, 1.82) is 0 Å². The lowest BCUT2D eigenvalue weighted by Crippen LogP contribution is -2.62. The van der Waals surface area contributed by atoms with Gasteiger partial charge in [-0.15, -0.1) is 0 Å². The Kier molecular flexibility index (Phi) is 11.3. The second-order valence-corrected chi connectivity index (χ2v) is 10.5. The smallest absolute Gasteiger partial charge is 0.256 e. The van der Waals surface area contributed by atoms with E-state index in [0.717, 1.165) is 5.57 Å². The van der Waals surface area contributed by atoms with Crippen LogP contribution < -0.4 is 5.32 Å². The van der Waals surface area contributed by atoms with Crippen LogP contribution in [0.15, 0.2) is 12.2 Å². The first-order valence-electron chi connectivity index (χ1n) is 12.7. The zero-order chi connectivity index (χ0) is 27.3. The summed E-state index contributed by atoms with van der Waals surface area (Å²) in [6.45, 7) is 14.2. The van der Waals surface area contributed by atoms with Crippen LogP contribution in [-0.2, 0) is 33.2 Å². The number of ether oxygens (including phenoxy) is 6. The molecule has 2 heterocycles. The Bertz CT molecular complexity index is 732. The van der Waals surface area contributed by atoms with Gasteiger partial charge in [0.2, 0.25) is 5.79 Å². The first kappa shape index (κ1) is 31.1. The predicted molar refractivity (Wildman–Crippen MR) is 133 cm³/mol. The van der Waals surface area contributed by atoms with Crippen LogP contribution in [0.2, 0.25) is 0 Å². The van der Waals surface area contributed by atoms with Gasteiger partial charge < -0.3 is 44.0 Å². The molecule has 0 aromatic carbocycles. The van der Waals surface area contributed by atoms with Gasteiger partial charge in [-0.3, -0.25) is 4.79 Å². The van der Waals surface area contributed by atoms with Gasteiger partial charge in [0.25, 0.3) is 5.91 Å². The Hall–Kier alpha value is -1.11. The first-order valence-corrected chi connectivity index (χ1v) is 12.7. The van der Waals surface area contributed by atoms with Crippen LogP contribution in [0.25, 0.3) is 0 Å². The van der Waals surface area contributed by atoms with Gasteiger partial charge in [0.1, 0.15) is 6.10 Å². The third kappa shape index (κ3) is 6.85. The number of aliphatic hydroxyl groups excluding tert-OH is 2. The SMILES string of the molecule is C=C1C[C@](OC)([C@H](O)C(=O)N[C@@H](OCC)[C@@H]2C[C@H](O)C(C)(C)[C@H](C[C@@H](COC)OC)O2)O[C@H](C)[C@@H]1C. The van der Waals surface area contributed by atoms with E-state index in [1.807, 2.05) is 27.7 Å². The number of amides is 1. The monoisotopic (exact) mass is 517 g/mol. The van der Waals surface area contributed by atoms with Crippen molar-refractivity contribution < 1.29 is 43.4 Å². The first-order chi connectivity index (χ1) is 16.9. The fourth-order valence-electron chi connectivity index (χ4n) is 4.89. The molecule has 0 unspecified atom stereocenters. The number of methoxy groups -OCH3 is 3. The van der Waals surface area contributed by atoms with Crippen molar-refractivity contribution in [2.24, 2.45) is 11.3 Å². The summed E-state index contributed by atoms with van der Waals surface area (Å²) in [5.74, 6) is -2.22. The van der Waals surface area contributed by atoms with E-state index in [-0.39, 0.29) is 37.6 Å². The third-order valence-corrected chi connectivity index (χ3v) is 7.83. The highest BCUT2D eigenvalue weighted by Crippen LogP contribution is 2.41. The molecule has 0 aromatic rings. The van der Waals surface area contributed by atoms with Crippen molar-refractivity contribution in [3.05, 3.63) is 12.2 Å². The molecule has 0 bridgehead atoms. The fourth-order valence-corrected chi connectivity index (χ4v) is 4.89. The minimum atomic E-state index is -1.64. The van der Waals surface area contributed by atoms with Crippen molar-refractivity contribution in [3.63, 3.8) is 0 Å². The summed E-state index contributed by atoms with van der Waals surface area (Å²) in [6, 6.07) is 0. The third-order valence-electron chi connectivity index (χ3n) is 7.83. The molecule has 10 nitrogen and oxygen atoms in total. The number of rotatable bonds is 12. The Morgan fingerprint density at radius 2 is 1.94 bits per heavy atom. The Balaban J connectivity index is 2.20. The topological polar surface area (TPSA) is 125 Å². The van der Waals surface area contributed by atoms with E-state index < -0.39 is 47.8 Å². The largest absolute Gasteiger partial charge is 0.392 e. The number of hydrogen-bond donors (Lipinski definition) is 3. The molecule has 0 aromatic heterocycles. The van der Waals surface area contributed by atoms with E-state index in [2.05, 4.69) is 11.9 Å². The molecule has 10 heteroatoms. The fraction of sp³-hybridized carbons (Fsp3) is 0.885. The zero-order valence-corrected chi connectivity index (χ0v) is 23.1. The van der Waals surface area contributed by atoms with E-state index in [0.29, 0.717) is 13.0 Å². The van der Waals surface area contributed by atoms with Crippen LogP contribution in [0, 0.1) is 11.3 Å². The molecule has 2 saturated heterocycles. The maximum atomic E-state index is 13.2.